The van der Waals surface area contributed by atoms with Gasteiger partial charge < -0.3 is 13.7 Å². The Bertz CT molecular complexity index is 1080. The summed E-state index contributed by atoms with van der Waals surface area (Å²) < 4.78 is 31.8. The third kappa shape index (κ3) is 2.63. The second-order valence-corrected chi connectivity index (χ2v) is 6.58. The maximum Gasteiger partial charge on any atom is 0.339 e. The molecule has 4 aromatic rings. The molecule has 119 valence electrons. The number of aromatic nitrogens is 4. The van der Waals surface area contributed by atoms with Gasteiger partial charge in [-0.1, -0.05) is 0 Å². The Balaban J connectivity index is 1.62. The molecule has 2 aromatic heterocycles. The smallest absolute Gasteiger partial charge is 0.339 e. The van der Waals surface area contributed by atoms with Crippen molar-refractivity contribution in [2.75, 3.05) is 0 Å². The standard InChI is InChI=1S/C16H11N4O3S/c21-24(22,23-13-3-6-15-16(9-13)19-10-18-15)14-4-1-12(2-5-14)20-8-7-17-11-20/h1-9,11H,(H,18,19). The van der Waals surface area contributed by atoms with E-state index in [9.17, 15) is 8.42 Å². The van der Waals surface area contributed by atoms with Gasteiger partial charge in [0.25, 0.3) is 0 Å². The van der Waals surface area contributed by atoms with E-state index in [0.717, 1.165) is 11.2 Å². The van der Waals surface area contributed by atoms with Gasteiger partial charge >= 0.3 is 10.1 Å². The lowest BCUT2D eigenvalue weighted by atomic mass is 10.3. The van der Waals surface area contributed by atoms with E-state index in [0.29, 0.717) is 5.52 Å². The highest BCUT2D eigenvalue weighted by Gasteiger charge is 2.17. The number of nitrogens with one attached hydrogen (secondary N) is 1. The van der Waals surface area contributed by atoms with Gasteiger partial charge in [0, 0.05) is 24.1 Å². The number of benzene rings is 2. The predicted molar refractivity (Wildman–Crippen MR) is 86.3 cm³/mol. The molecule has 1 N–H and O–H groups in total. The van der Waals surface area contributed by atoms with Crippen LogP contribution in [0.3, 0.4) is 0 Å². The summed E-state index contributed by atoms with van der Waals surface area (Å²) in [6.07, 6.45) is 7.65. The molecule has 0 atom stereocenters. The number of nitrogens with zero attached hydrogens (tertiary/aromatic N) is 3. The van der Waals surface area contributed by atoms with Crippen molar-refractivity contribution in [3.63, 3.8) is 0 Å². The molecule has 0 unspecified atom stereocenters. The summed E-state index contributed by atoms with van der Waals surface area (Å²) in [7, 11) is -3.92. The molecule has 0 aliphatic heterocycles. The highest BCUT2D eigenvalue weighted by molar-refractivity contribution is 7.87. The van der Waals surface area contributed by atoms with Gasteiger partial charge in [0.05, 0.1) is 17.4 Å². The van der Waals surface area contributed by atoms with E-state index in [2.05, 4.69) is 21.3 Å². The summed E-state index contributed by atoms with van der Waals surface area (Å²) in [6, 6.07) is 11.1. The van der Waals surface area contributed by atoms with Crippen LogP contribution in [0.15, 0.2) is 66.1 Å². The molecule has 0 bridgehead atoms. The normalized spacial score (nSPS) is 11.7. The van der Waals surface area contributed by atoms with E-state index in [-0.39, 0.29) is 10.6 Å². The number of imidazole rings is 2. The second-order valence-electron chi connectivity index (χ2n) is 5.03. The van der Waals surface area contributed by atoms with Crippen LogP contribution in [0.1, 0.15) is 0 Å². The molecule has 2 heterocycles. The molecule has 0 aliphatic rings. The summed E-state index contributed by atoms with van der Waals surface area (Å²) in [4.78, 5) is 10.8. The van der Waals surface area contributed by atoms with E-state index >= 15 is 0 Å². The summed E-state index contributed by atoms with van der Waals surface area (Å²) in [5.41, 5.74) is 2.14. The van der Waals surface area contributed by atoms with Crippen LogP contribution in [0, 0.1) is 6.33 Å². The van der Waals surface area contributed by atoms with Crippen LogP contribution >= 0.6 is 0 Å². The molecule has 0 spiro atoms. The Morgan fingerprint density at radius 2 is 1.96 bits per heavy atom. The van der Waals surface area contributed by atoms with Crippen LogP contribution in [0.25, 0.3) is 16.7 Å². The molecule has 7 nitrogen and oxygen atoms in total. The third-order valence-corrected chi connectivity index (χ3v) is 4.73. The van der Waals surface area contributed by atoms with E-state index in [1.54, 1.807) is 53.6 Å². The van der Waals surface area contributed by atoms with E-state index in [1.165, 1.54) is 12.1 Å². The molecule has 8 heteroatoms. The number of H-pyrrole nitrogens is 1. The summed E-state index contributed by atoms with van der Waals surface area (Å²) in [5, 5.41) is 0. The fraction of sp³-hybridized carbons (Fsp3) is 0. The van der Waals surface area contributed by atoms with Crippen LogP contribution in [-0.4, -0.2) is 27.9 Å². The van der Waals surface area contributed by atoms with Crippen molar-refractivity contribution in [2.45, 2.75) is 4.90 Å². The lowest BCUT2D eigenvalue weighted by Gasteiger charge is -2.08. The lowest BCUT2D eigenvalue weighted by molar-refractivity contribution is 0.486. The Morgan fingerprint density at radius 3 is 2.71 bits per heavy atom. The maximum absolute atomic E-state index is 12.4. The van der Waals surface area contributed by atoms with Crippen molar-refractivity contribution in [1.82, 2.24) is 19.5 Å². The third-order valence-electron chi connectivity index (χ3n) is 3.47. The first kappa shape index (κ1) is 14.5. The van der Waals surface area contributed by atoms with E-state index in [4.69, 9.17) is 4.18 Å². The Kier molecular flexibility index (Phi) is 3.31. The molecule has 1 radical (unpaired) electrons. The Morgan fingerprint density at radius 1 is 1.12 bits per heavy atom. The molecule has 2 aromatic carbocycles. The SMILES string of the molecule is O=S(=O)(Oc1ccc2[nH][c]nc2c1)c1ccc(-n2ccnc2)cc1. The Labute approximate surface area is 137 Å². The number of fused-ring (bicyclic) bond motifs is 1. The molecular weight excluding hydrogens is 328 g/mol. The molecule has 0 saturated carbocycles. The molecule has 0 aliphatic carbocycles. The number of aromatic amines is 1. The van der Waals surface area contributed by atoms with Crippen molar-refractivity contribution in [3.8, 4) is 11.4 Å². The lowest BCUT2D eigenvalue weighted by Crippen LogP contribution is -2.09. The van der Waals surface area contributed by atoms with Gasteiger partial charge in [-0.3, -0.25) is 0 Å². The average molecular weight is 339 g/mol. The second kappa shape index (κ2) is 5.50. The topological polar surface area (TPSA) is 89.9 Å². The van der Waals surface area contributed by atoms with Gasteiger partial charge in [-0.15, -0.1) is 0 Å². The van der Waals surface area contributed by atoms with Gasteiger partial charge in [-0.2, -0.15) is 8.42 Å². The largest absolute Gasteiger partial charge is 0.379 e. The van der Waals surface area contributed by atoms with Crippen molar-refractivity contribution in [2.24, 2.45) is 0 Å². The molecule has 0 fully saturated rings. The summed E-state index contributed by atoms with van der Waals surface area (Å²) in [6.45, 7) is 0. The van der Waals surface area contributed by atoms with Crippen LogP contribution in [0.2, 0.25) is 0 Å². The van der Waals surface area contributed by atoms with Crippen molar-refractivity contribution in [1.29, 1.82) is 0 Å². The Hall–Kier alpha value is -3.13. The highest BCUT2D eigenvalue weighted by atomic mass is 32.2. The predicted octanol–water partition coefficient (Wildman–Crippen LogP) is 2.32. The van der Waals surface area contributed by atoms with Crippen LogP contribution < -0.4 is 4.18 Å². The van der Waals surface area contributed by atoms with Crippen LogP contribution in [0.5, 0.6) is 5.75 Å². The summed E-state index contributed by atoms with van der Waals surface area (Å²) >= 11 is 0. The van der Waals surface area contributed by atoms with Crippen LogP contribution in [-0.2, 0) is 10.1 Å². The quantitative estimate of drug-likeness (QED) is 0.576. The number of rotatable bonds is 4. The van der Waals surface area contributed by atoms with Crippen molar-refractivity contribution >= 4 is 21.2 Å². The van der Waals surface area contributed by atoms with Gasteiger partial charge in [0.1, 0.15) is 10.6 Å². The first-order chi connectivity index (χ1) is 11.6. The number of hydrogen-bond donors (Lipinski definition) is 1. The van der Waals surface area contributed by atoms with Gasteiger partial charge in [0.2, 0.25) is 0 Å². The zero-order valence-electron chi connectivity index (χ0n) is 12.2. The first-order valence-corrected chi connectivity index (χ1v) is 8.41. The zero-order valence-corrected chi connectivity index (χ0v) is 13.1. The molecule has 0 amide bonds. The minimum absolute atomic E-state index is 0.0695. The van der Waals surface area contributed by atoms with Gasteiger partial charge in [-0.25, -0.2) is 9.97 Å². The highest BCUT2D eigenvalue weighted by Crippen LogP contribution is 2.22. The minimum atomic E-state index is -3.92. The van der Waals surface area contributed by atoms with E-state index in [1.807, 2.05) is 0 Å². The molecular formula is C16H11N4O3S. The first-order valence-electron chi connectivity index (χ1n) is 7.00. The van der Waals surface area contributed by atoms with Gasteiger partial charge in [0.15, 0.2) is 6.33 Å². The average Bonchev–Trinajstić information content (AvgIpc) is 3.26. The van der Waals surface area contributed by atoms with Gasteiger partial charge in [-0.05, 0) is 36.4 Å². The zero-order chi connectivity index (χ0) is 16.6. The van der Waals surface area contributed by atoms with Crippen molar-refractivity contribution in [3.05, 3.63) is 67.5 Å². The van der Waals surface area contributed by atoms with Crippen LogP contribution in [0.4, 0.5) is 0 Å². The number of hydrogen-bond acceptors (Lipinski definition) is 5. The summed E-state index contributed by atoms with van der Waals surface area (Å²) in [5.74, 6) is 0.196. The monoisotopic (exact) mass is 339 g/mol. The molecule has 4 rings (SSSR count). The van der Waals surface area contributed by atoms with E-state index < -0.39 is 10.1 Å². The molecule has 24 heavy (non-hydrogen) atoms. The minimum Gasteiger partial charge on any atom is -0.379 e. The fourth-order valence-electron chi connectivity index (χ4n) is 2.28. The fourth-order valence-corrected chi connectivity index (χ4v) is 3.20. The van der Waals surface area contributed by atoms with Crippen molar-refractivity contribution < 1.29 is 12.6 Å². The molecule has 0 saturated heterocycles. The maximum atomic E-state index is 12.4.